The van der Waals surface area contributed by atoms with Gasteiger partial charge < -0.3 is 20.1 Å². The van der Waals surface area contributed by atoms with Crippen LogP contribution in [0.25, 0.3) is 0 Å². The standard InChI is InChI=1S/C17H17ClFN3O3/c18-15-7-14(24-10-11-1-3-12(19)4-2-11)8-21-16(15)22-6-5-13(9-22)25-17(20)23/h1-4,7-8,13H,5-6,9-10H2,(H2,20,23). The molecular formula is C17H17ClFN3O3. The fraction of sp³-hybridized carbons (Fsp3) is 0.294. The van der Waals surface area contributed by atoms with Crippen LogP contribution >= 0.6 is 11.6 Å². The molecule has 1 fully saturated rings. The number of aromatic nitrogens is 1. The highest BCUT2D eigenvalue weighted by atomic mass is 35.5. The monoisotopic (exact) mass is 365 g/mol. The third kappa shape index (κ3) is 4.51. The van der Waals surface area contributed by atoms with E-state index in [2.05, 4.69) is 4.98 Å². The molecule has 0 aliphatic carbocycles. The second-order valence-electron chi connectivity index (χ2n) is 5.69. The molecule has 0 spiro atoms. The number of hydrogen-bond donors (Lipinski definition) is 1. The van der Waals surface area contributed by atoms with Gasteiger partial charge >= 0.3 is 6.09 Å². The molecule has 1 unspecified atom stereocenters. The molecular weight excluding hydrogens is 349 g/mol. The predicted octanol–water partition coefficient (Wildman–Crippen LogP) is 3.13. The van der Waals surface area contributed by atoms with E-state index in [1.807, 2.05) is 4.90 Å². The van der Waals surface area contributed by atoms with Gasteiger partial charge in [0.1, 0.15) is 30.1 Å². The van der Waals surface area contributed by atoms with Crippen molar-refractivity contribution >= 4 is 23.5 Å². The molecule has 1 aliphatic heterocycles. The van der Waals surface area contributed by atoms with Gasteiger partial charge in [0.25, 0.3) is 0 Å². The van der Waals surface area contributed by atoms with Gasteiger partial charge in [0, 0.05) is 19.0 Å². The molecule has 0 saturated carbocycles. The Hall–Kier alpha value is -2.54. The number of primary amides is 1. The average molecular weight is 366 g/mol. The highest BCUT2D eigenvalue weighted by Gasteiger charge is 2.27. The Morgan fingerprint density at radius 3 is 2.84 bits per heavy atom. The van der Waals surface area contributed by atoms with Crippen LogP contribution in [0.4, 0.5) is 15.0 Å². The van der Waals surface area contributed by atoms with Crippen molar-refractivity contribution in [3.8, 4) is 5.75 Å². The van der Waals surface area contributed by atoms with Crippen LogP contribution in [0.1, 0.15) is 12.0 Å². The van der Waals surface area contributed by atoms with Gasteiger partial charge in [-0.1, -0.05) is 23.7 Å². The molecule has 1 aromatic carbocycles. The highest BCUT2D eigenvalue weighted by Crippen LogP contribution is 2.30. The molecule has 25 heavy (non-hydrogen) atoms. The molecule has 2 N–H and O–H groups in total. The zero-order valence-electron chi connectivity index (χ0n) is 13.3. The molecule has 1 atom stereocenters. The van der Waals surface area contributed by atoms with Gasteiger partial charge in [0.05, 0.1) is 17.8 Å². The summed E-state index contributed by atoms with van der Waals surface area (Å²) in [6.45, 7) is 1.45. The van der Waals surface area contributed by atoms with Gasteiger partial charge in [-0.15, -0.1) is 0 Å². The second-order valence-corrected chi connectivity index (χ2v) is 6.09. The zero-order chi connectivity index (χ0) is 17.8. The van der Waals surface area contributed by atoms with E-state index in [-0.39, 0.29) is 18.5 Å². The maximum Gasteiger partial charge on any atom is 0.404 e. The van der Waals surface area contributed by atoms with Crippen LogP contribution in [0.3, 0.4) is 0 Å². The lowest BCUT2D eigenvalue weighted by molar-refractivity contribution is 0.117. The van der Waals surface area contributed by atoms with Crippen LogP contribution in [0.5, 0.6) is 5.75 Å². The van der Waals surface area contributed by atoms with Crippen LogP contribution in [-0.4, -0.2) is 30.3 Å². The second kappa shape index (κ2) is 7.57. The maximum atomic E-state index is 12.9. The highest BCUT2D eigenvalue weighted by molar-refractivity contribution is 6.33. The van der Waals surface area contributed by atoms with Gasteiger partial charge in [-0.05, 0) is 17.7 Å². The summed E-state index contributed by atoms with van der Waals surface area (Å²) in [4.78, 5) is 17.1. The average Bonchev–Trinajstić information content (AvgIpc) is 3.02. The zero-order valence-corrected chi connectivity index (χ0v) is 14.1. The number of ether oxygens (including phenoxy) is 2. The summed E-state index contributed by atoms with van der Waals surface area (Å²) in [6.07, 6.45) is 1.21. The number of benzene rings is 1. The largest absolute Gasteiger partial charge is 0.487 e. The molecule has 0 radical (unpaired) electrons. The SMILES string of the molecule is NC(=O)OC1CCN(c2ncc(OCc3ccc(F)cc3)cc2Cl)C1. The number of carbonyl (C=O) groups excluding carboxylic acids is 1. The van der Waals surface area contributed by atoms with Crippen molar-refractivity contribution in [1.82, 2.24) is 4.98 Å². The number of hydrogen-bond acceptors (Lipinski definition) is 5. The first-order valence-corrected chi connectivity index (χ1v) is 8.13. The number of halogens is 2. The molecule has 6 nitrogen and oxygen atoms in total. The van der Waals surface area contributed by atoms with Crippen molar-refractivity contribution in [3.05, 3.63) is 52.9 Å². The fourth-order valence-corrected chi connectivity index (χ4v) is 2.93. The van der Waals surface area contributed by atoms with Crippen molar-refractivity contribution in [2.45, 2.75) is 19.1 Å². The van der Waals surface area contributed by atoms with Crippen LogP contribution < -0.4 is 15.4 Å². The Bertz CT molecular complexity index is 757. The molecule has 1 aliphatic rings. The van der Waals surface area contributed by atoms with Crippen LogP contribution in [0.15, 0.2) is 36.5 Å². The van der Waals surface area contributed by atoms with Gasteiger partial charge in [-0.3, -0.25) is 0 Å². The van der Waals surface area contributed by atoms with Gasteiger partial charge in [0.2, 0.25) is 0 Å². The van der Waals surface area contributed by atoms with E-state index in [1.54, 1.807) is 24.4 Å². The maximum absolute atomic E-state index is 12.9. The van der Waals surface area contributed by atoms with E-state index in [4.69, 9.17) is 26.8 Å². The number of amides is 1. The van der Waals surface area contributed by atoms with Crippen molar-refractivity contribution in [1.29, 1.82) is 0 Å². The lowest BCUT2D eigenvalue weighted by Crippen LogP contribution is -2.27. The first-order valence-electron chi connectivity index (χ1n) is 7.75. The Morgan fingerprint density at radius 2 is 2.16 bits per heavy atom. The molecule has 3 rings (SSSR count). The Morgan fingerprint density at radius 1 is 1.40 bits per heavy atom. The Kier molecular flexibility index (Phi) is 5.23. The number of nitrogens with zero attached hydrogens (tertiary/aromatic N) is 2. The molecule has 2 heterocycles. The molecule has 1 amide bonds. The summed E-state index contributed by atoms with van der Waals surface area (Å²) >= 11 is 6.30. The topological polar surface area (TPSA) is 77.7 Å². The van der Waals surface area contributed by atoms with E-state index in [1.165, 1.54) is 12.1 Å². The summed E-state index contributed by atoms with van der Waals surface area (Å²) in [5.74, 6) is 0.829. The minimum Gasteiger partial charge on any atom is -0.487 e. The predicted molar refractivity (Wildman–Crippen MR) is 91.3 cm³/mol. The molecule has 8 heteroatoms. The minimum atomic E-state index is -0.782. The smallest absolute Gasteiger partial charge is 0.404 e. The van der Waals surface area contributed by atoms with Crippen LogP contribution in [0.2, 0.25) is 5.02 Å². The number of anilines is 1. The lowest BCUT2D eigenvalue weighted by atomic mass is 10.2. The van der Waals surface area contributed by atoms with E-state index in [0.717, 1.165) is 5.56 Å². The molecule has 1 saturated heterocycles. The first kappa shape index (κ1) is 17.3. The molecule has 2 aromatic rings. The van der Waals surface area contributed by atoms with Crippen molar-refractivity contribution in [2.75, 3.05) is 18.0 Å². The summed E-state index contributed by atoms with van der Waals surface area (Å²) in [6, 6.07) is 7.75. The van der Waals surface area contributed by atoms with Gasteiger partial charge in [-0.2, -0.15) is 0 Å². The summed E-state index contributed by atoms with van der Waals surface area (Å²) in [5.41, 5.74) is 5.88. The summed E-state index contributed by atoms with van der Waals surface area (Å²) < 4.78 is 23.5. The lowest BCUT2D eigenvalue weighted by Gasteiger charge is -2.19. The van der Waals surface area contributed by atoms with Crippen LogP contribution in [-0.2, 0) is 11.3 Å². The van der Waals surface area contributed by atoms with Crippen molar-refractivity contribution in [2.24, 2.45) is 5.73 Å². The molecule has 1 aromatic heterocycles. The van der Waals surface area contributed by atoms with Gasteiger partial charge in [0.15, 0.2) is 0 Å². The van der Waals surface area contributed by atoms with E-state index in [0.29, 0.717) is 36.1 Å². The minimum absolute atomic E-state index is 0.259. The van der Waals surface area contributed by atoms with Crippen molar-refractivity contribution in [3.63, 3.8) is 0 Å². The number of rotatable bonds is 5. The fourth-order valence-electron chi connectivity index (χ4n) is 2.65. The Labute approximate surface area is 149 Å². The van der Waals surface area contributed by atoms with E-state index in [9.17, 15) is 9.18 Å². The third-order valence-electron chi connectivity index (χ3n) is 3.84. The quantitative estimate of drug-likeness (QED) is 0.880. The normalized spacial score (nSPS) is 16.7. The van der Waals surface area contributed by atoms with Gasteiger partial charge in [-0.25, -0.2) is 14.2 Å². The van der Waals surface area contributed by atoms with Crippen molar-refractivity contribution < 1.29 is 18.7 Å². The Balaban J connectivity index is 1.61. The summed E-state index contributed by atoms with van der Waals surface area (Å²) in [5, 5.41) is 0.441. The molecule has 0 bridgehead atoms. The van der Waals surface area contributed by atoms with Crippen LogP contribution in [0, 0.1) is 5.82 Å². The summed E-state index contributed by atoms with van der Waals surface area (Å²) in [7, 11) is 0. The number of nitrogens with two attached hydrogens (primary N) is 1. The molecule has 132 valence electrons. The number of carbonyl (C=O) groups is 1. The van der Waals surface area contributed by atoms with E-state index < -0.39 is 6.09 Å². The van der Waals surface area contributed by atoms with E-state index >= 15 is 0 Å². The third-order valence-corrected chi connectivity index (χ3v) is 4.12. The number of pyridine rings is 1. The first-order chi connectivity index (χ1) is 12.0.